The van der Waals surface area contributed by atoms with Crippen LogP contribution in [0.2, 0.25) is 0 Å². The topological polar surface area (TPSA) is 51.2 Å². The fourth-order valence-corrected chi connectivity index (χ4v) is 2.17. The fourth-order valence-electron chi connectivity index (χ4n) is 1.94. The van der Waals surface area contributed by atoms with Crippen molar-refractivity contribution in [2.45, 2.75) is 19.8 Å². The zero-order valence-electron chi connectivity index (χ0n) is 10.4. The molecule has 2 rings (SSSR count). The minimum absolute atomic E-state index is 0.116. The second kappa shape index (κ2) is 5.80. The number of ether oxygens (including phenoxy) is 1. The summed E-state index contributed by atoms with van der Waals surface area (Å²) in [6, 6.07) is 3.53. The molecule has 98 valence electrons. The Morgan fingerprint density at radius 1 is 1.50 bits per heavy atom. The SMILES string of the molecule is CC1(CNC(=O)c2ccc(Br)cn2)CCOCC1. The third-order valence-corrected chi connectivity index (χ3v) is 3.80. The second-order valence-electron chi connectivity index (χ2n) is 4.97. The number of rotatable bonds is 3. The van der Waals surface area contributed by atoms with E-state index < -0.39 is 0 Å². The average Bonchev–Trinajstić information content (AvgIpc) is 2.38. The molecular weight excluding hydrogens is 296 g/mol. The van der Waals surface area contributed by atoms with E-state index in [1.807, 2.05) is 6.07 Å². The first-order valence-corrected chi connectivity index (χ1v) is 6.86. The highest BCUT2D eigenvalue weighted by molar-refractivity contribution is 9.10. The second-order valence-corrected chi connectivity index (χ2v) is 5.88. The number of halogens is 1. The van der Waals surface area contributed by atoms with Gasteiger partial charge in [0.15, 0.2) is 0 Å². The van der Waals surface area contributed by atoms with Gasteiger partial charge in [0.2, 0.25) is 0 Å². The molecule has 1 aromatic rings. The van der Waals surface area contributed by atoms with Gasteiger partial charge in [0.25, 0.3) is 5.91 Å². The Bertz CT molecular complexity index is 414. The summed E-state index contributed by atoms with van der Waals surface area (Å²) in [6.45, 7) is 4.42. The fraction of sp³-hybridized carbons (Fsp3) is 0.538. The summed E-state index contributed by atoms with van der Waals surface area (Å²) in [5.74, 6) is -0.116. The molecule has 1 amide bonds. The zero-order chi connectivity index (χ0) is 13.0. The minimum Gasteiger partial charge on any atom is -0.381 e. The van der Waals surface area contributed by atoms with Crippen LogP contribution in [0.1, 0.15) is 30.3 Å². The number of nitrogens with one attached hydrogen (secondary N) is 1. The number of carbonyl (C=O) groups excluding carboxylic acids is 1. The molecule has 0 aliphatic carbocycles. The maximum atomic E-state index is 11.9. The third kappa shape index (κ3) is 3.53. The van der Waals surface area contributed by atoms with E-state index in [1.54, 1.807) is 12.3 Å². The molecule has 2 heterocycles. The Balaban J connectivity index is 1.89. The lowest BCUT2D eigenvalue weighted by atomic mass is 9.82. The largest absolute Gasteiger partial charge is 0.381 e. The van der Waals surface area contributed by atoms with Crippen molar-refractivity contribution in [1.82, 2.24) is 10.3 Å². The van der Waals surface area contributed by atoms with Crippen LogP contribution in [0.3, 0.4) is 0 Å². The number of carbonyl (C=O) groups is 1. The summed E-state index contributed by atoms with van der Waals surface area (Å²) in [6.07, 6.45) is 3.60. The highest BCUT2D eigenvalue weighted by Gasteiger charge is 2.27. The standard InChI is InChI=1S/C13H17BrN2O2/c1-13(4-6-18-7-5-13)9-16-12(17)11-3-2-10(14)8-15-11/h2-3,8H,4-7,9H2,1H3,(H,16,17). The van der Waals surface area contributed by atoms with E-state index in [2.05, 4.69) is 33.2 Å². The van der Waals surface area contributed by atoms with Crippen molar-refractivity contribution < 1.29 is 9.53 Å². The molecule has 1 N–H and O–H groups in total. The molecule has 5 heteroatoms. The van der Waals surface area contributed by atoms with Crippen molar-refractivity contribution in [3.8, 4) is 0 Å². The molecule has 1 aliphatic heterocycles. The van der Waals surface area contributed by atoms with Crippen molar-refractivity contribution in [2.24, 2.45) is 5.41 Å². The third-order valence-electron chi connectivity index (χ3n) is 3.34. The molecule has 0 saturated carbocycles. The predicted molar refractivity (Wildman–Crippen MR) is 72.4 cm³/mol. The molecule has 1 fully saturated rings. The predicted octanol–water partition coefficient (Wildman–Crippen LogP) is 2.39. The zero-order valence-corrected chi connectivity index (χ0v) is 12.0. The van der Waals surface area contributed by atoms with Gasteiger partial charge in [-0.2, -0.15) is 0 Å². The number of nitrogens with zero attached hydrogens (tertiary/aromatic N) is 1. The maximum absolute atomic E-state index is 11.9. The summed E-state index contributed by atoms with van der Waals surface area (Å²) in [4.78, 5) is 16.0. The average molecular weight is 313 g/mol. The van der Waals surface area contributed by atoms with Gasteiger partial charge in [0, 0.05) is 30.4 Å². The van der Waals surface area contributed by atoms with E-state index in [0.29, 0.717) is 12.2 Å². The summed E-state index contributed by atoms with van der Waals surface area (Å²) >= 11 is 3.30. The normalized spacial score (nSPS) is 18.3. The van der Waals surface area contributed by atoms with E-state index >= 15 is 0 Å². The monoisotopic (exact) mass is 312 g/mol. The maximum Gasteiger partial charge on any atom is 0.269 e. The van der Waals surface area contributed by atoms with Crippen molar-refractivity contribution >= 4 is 21.8 Å². The molecule has 0 unspecified atom stereocenters. The van der Waals surface area contributed by atoms with E-state index in [0.717, 1.165) is 30.5 Å². The van der Waals surface area contributed by atoms with Crippen LogP contribution in [0.25, 0.3) is 0 Å². The van der Waals surface area contributed by atoms with Crippen molar-refractivity contribution in [3.05, 3.63) is 28.5 Å². The number of pyridine rings is 1. The van der Waals surface area contributed by atoms with Crippen LogP contribution in [0.5, 0.6) is 0 Å². The van der Waals surface area contributed by atoms with Gasteiger partial charge >= 0.3 is 0 Å². The van der Waals surface area contributed by atoms with Crippen molar-refractivity contribution in [1.29, 1.82) is 0 Å². The summed E-state index contributed by atoms with van der Waals surface area (Å²) in [7, 11) is 0. The van der Waals surface area contributed by atoms with Gasteiger partial charge in [-0.3, -0.25) is 4.79 Å². The molecule has 18 heavy (non-hydrogen) atoms. The lowest BCUT2D eigenvalue weighted by Gasteiger charge is -2.33. The molecule has 0 spiro atoms. The van der Waals surface area contributed by atoms with Gasteiger partial charge in [0.05, 0.1) is 0 Å². The molecule has 1 saturated heterocycles. The van der Waals surface area contributed by atoms with Gasteiger partial charge in [0.1, 0.15) is 5.69 Å². The molecule has 0 aromatic carbocycles. The van der Waals surface area contributed by atoms with Crippen LogP contribution in [-0.2, 0) is 4.74 Å². The summed E-state index contributed by atoms with van der Waals surface area (Å²) in [5.41, 5.74) is 0.595. The van der Waals surface area contributed by atoms with Gasteiger partial charge in [-0.1, -0.05) is 6.92 Å². The molecule has 0 bridgehead atoms. The first kappa shape index (κ1) is 13.5. The Kier molecular flexibility index (Phi) is 4.35. The van der Waals surface area contributed by atoms with Gasteiger partial charge in [-0.05, 0) is 46.3 Å². The molecule has 0 radical (unpaired) electrons. The van der Waals surface area contributed by atoms with Crippen LogP contribution >= 0.6 is 15.9 Å². The lowest BCUT2D eigenvalue weighted by Crippen LogP contribution is -2.39. The first-order valence-electron chi connectivity index (χ1n) is 6.07. The van der Waals surface area contributed by atoms with Crippen LogP contribution in [0.15, 0.2) is 22.8 Å². The summed E-state index contributed by atoms with van der Waals surface area (Å²) in [5, 5.41) is 2.96. The minimum atomic E-state index is -0.116. The highest BCUT2D eigenvalue weighted by Crippen LogP contribution is 2.28. The Morgan fingerprint density at radius 3 is 2.83 bits per heavy atom. The van der Waals surface area contributed by atoms with Crippen molar-refractivity contribution in [3.63, 3.8) is 0 Å². The van der Waals surface area contributed by atoms with Crippen molar-refractivity contribution in [2.75, 3.05) is 19.8 Å². The van der Waals surface area contributed by atoms with Crippen LogP contribution in [-0.4, -0.2) is 30.6 Å². The smallest absolute Gasteiger partial charge is 0.269 e. The number of aromatic nitrogens is 1. The molecule has 1 aliphatic rings. The van der Waals surface area contributed by atoms with E-state index in [1.165, 1.54) is 0 Å². The van der Waals surface area contributed by atoms with E-state index in [4.69, 9.17) is 4.74 Å². The van der Waals surface area contributed by atoms with Gasteiger partial charge < -0.3 is 10.1 Å². The van der Waals surface area contributed by atoms with E-state index in [-0.39, 0.29) is 11.3 Å². The number of hydrogen-bond donors (Lipinski definition) is 1. The van der Waals surface area contributed by atoms with Gasteiger partial charge in [-0.25, -0.2) is 4.98 Å². The van der Waals surface area contributed by atoms with Crippen LogP contribution in [0.4, 0.5) is 0 Å². The van der Waals surface area contributed by atoms with Crippen LogP contribution in [0, 0.1) is 5.41 Å². The Hall–Kier alpha value is -0.940. The van der Waals surface area contributed by atoms with Crippen LogP contribution < -0.4 is 5.32 Å². The molecule has 4 nitrogen and oxygen atoms in total. The Labute approximate surface area is 115 Å². The highest BCUT2D eigenvalue weighted by atomic mass is 79.9. The molecule has 0 atom stereocenters. The quantitative estimate of drug-likeness (QED) is 0.932. The lowest BCUT2D eigenvalue weighted by molar-refractivity contribution is 0.0238. The van der Waals surface area contributed by atoms with E-state index in [9.17, 15) is 4.79 Å². The molecule has 1 aromatic heterocycles. The molecular formula is C13H17BrN2O2. The first-order chi connectivity index (χ1) is 8.59. The summed E-state index contributed by atoms with van der Waals surface area (Å²) < 4.78 is 6.21. The Morgan fingerprint density at radius 2 is 2.22 bits per heavy atom. The van der Waals surface area contributed by atoms with Gasteiger partial charge in [-0.15, -0.1) is 0 Å². The number of hydrogen-bond acceptors (Lipinski definition) is 3. The number of amides is 1.